The molecule has 0 spiro atoms. The number of fused-ring (bicyclic) bond motifs is 1. The zero-order valence-corrected chi connectivity index (χ0v) is 17.9. The van der Waals surface area contributed by atoms with Gasteiger partial charge < -0.3 is 15.5 Å². The Hall–Kier alpha value is -3.53. The van der Waals surface area contributed by atoms with Crippen LogP contribution in [0.15, 0.2) is 90.1 Å². The number of allylic oxidation sites excluding steroid dienone is 1. The minimum absolute atomic E-state index is 0.174. The summed E-state index contributed by atoms with van der Waals surface area (Å²) in [5.74, 6) is 0.409. The number of carbonyl (C=O) groups excluding carboxylic acids is 1. The van der Waals surface area contributed by atoms with E-state index in [0.717, 1.165) is 40.3 Å². The van der Waals surface area contributed by atoms with Crippen LogP contribution in [0.3, 0.4) is 0 Å². The van der Waals surface area contributed by atoms with Gasteiger partial charge in [0.05, 0.1) is 17.4 Å². The normalized spacial score (nSPS) is 20.1. The highest BCUT2D eigenvalue weighted by Gasteiger charge is 2.35. The number of nitrogens with zero attached hydrogens (tertiary/aromatic N) is 1. The molecule has 0 amide bonds. The maximum atomic E-state index is 13.5. The highest BCUT2D eigenvalue weighted by Crippen LogP contribution is 2.44. The van der Waals surface area contributed by atoms with Crippen molar-refractivity contribution in [2.45, 2.75) is 24.8 Å². The van der Waals surface area contributed by atoms with E-state index in [0.29, 0.717) is 6.42 Å². The number of hydrogen-bond acceptors (Lipinski definition) is 4. The van der Waals surface area contributed by atoms with E-state index in [9.17, 15) is 4.79 Å². The fourth-order valence-electron chi connectivity index (χ4n) is 4.67. The van der Waals surface area contributed by atoms with Crippen molar-refractivity contribution < 1.29 is 4.79 Å². The Kier molecular flexibility index (Phi) is 4.99. The van der Waals surface area contributed by atoms with Gasteiger partial charge in [0.25, 0.3) is 0 Å². The van der Waals surface area contributed by atoms with Gasteiger partial charge in [-0.15, -0.1) is 0 Å². The molecule has 0 bridgehead atoms. The Morgan fingerprint density at radius 2 is 1.45 bits per heavy atom. The largest absolute Gasteiger partial charge is 0.378 e. The summed E-state index contributed by atoms with van der Waals surface area (Å²) in [4.78, 5) is 15.6. The first-order chi connectivity index (χ1) is 15.1. The van der Waals surface area contributed by atoms with Crippen molar-refractivity contribution in [3.05, 3.63) is 101 Å². The number of hydrogen-bond donors (Lipinski definition) is 2. The average molecular weight is 410 g/mol. The molecule has 2 atom stereocenters. The summed E-state index contributed by atoms with van der Waals surface area (Å²) in [6, 6.07) is 26.9. The van der Waals surface area contributed by atoms with Crippen molar-refractivity contribution in [2.24, 2.45) is 0 Å². The number of anilines is 3. The van der Waals surface area contributed by atoms with Gasteiger partial charge in [0.15, 0.2) is 5.78 Å². The van der Waals surface area contributed by atoms with Crippen LogP contribution in [0, 0.1) is 0 Å². The van der Waals surface area contributed by atoms with Gasteiger partial charge in [0.1, 0.15) is 0 Å². The van der Waals surface area contributed by atoms with Gasteiger partial charge in [-0.05, 0) is 47.7 Å². The zero-order chi connectivity index (χ0) is 21.4. The second kappa shape index (κ2) is 7.95. The molecule has 0 saturated carbocycles. The van der Waals surface area contributed by atoms with Crippen molar-refractivity contribution in [2.75, 3.05) is 29.6 Å². The fraction of sp³-hybridized carbons (Fsp3) is 0.222. The van der Waals surface area contributed by atoms with E-state index in [1.165, 1.54) is 5.56 Å². The van der Waals surface area contributed by atoms with Crippen LogP contribution in [0.1, 0.15) is 35.9 Å². The SMILES string of the molecule is CN(C)c1ccc([C@@H]2Nc3ccccc3NC3=C2C(=O)C[C@H](c2ccccc2)C3)cc1. The molecule has 0 aromatic heterocycles. The lowest BCUT2D eigenvalue weighted by molar-refractivity contribution is -0.116. The zero-order valence-electron chi connectivity index (χ0n) is 17.9. The molecule has 0 unspecified atom stereocenters. The van der Waals surface area contributed by atoms with Crippen LogP contribution in [0.25, 0.3) is 0 Å². The van der Waals surface area contributed by atoms with Gasteiger partial charge in [-0.1, -0.05) is 54.6 Å². The molecule has 156 valence electrons. The summed E-state index contributed by atoms with van der Waals surface area (Å²) in [6.45, 7) is 0. The van der Waals surface area contributed by atoms with Gasteiger partial charge in [0.2, 0.25) is 0 Å². The number of benzene rings is 3. The lowest BCUT2D eigenvalue weighted by atomic mass is 9.78. The maximum Gasteiger partial charge on any atom is 0.163 e. The summed E-state index contributed by atoms with van der Waals surface area (Å²) in [7, 11) is 4.07. The highest BCUT2D eigenvalue weighted by molar-refractivity contribution is 6.01. The molecule has 1 aliphatic heterocycles. The minimum Gasteiger partial charge on any atom is -0.378 e. The van der Waals surface area contributed by atoms with E-state index in [4.69, 9.17) is 0 Å². The van der Waals surface area contributed by atoms with E-state index in [1.54, 1.807) is 0 Å². The molecule has 0 saturated heterocycles. The van der Waals surface area contributed by atoms with Crippen LogP contribution >= 0.6 is 0 Å². The van der Waals surface area contributed by atoms with Crippen molar-refractivity contribution in [3.63, 3.8) is 0 Å². The fourth-order valence-corrected chi connectivity index (χ4v) is 4.67. The molecule has 31 heavy (non-hydrogen) atoms. The van der Waals surface area contributed by atoms with Crippen LogP contribution in [-0.2, 0) is 4.79 Å². The molecule has 3 aromatic carbocycles. The third-order valence-corrected chi connectivity index (χ3v) is 6.32. The quantitative estimate of drug-likeness (QED) is 0.580. The monoisotopic (exact) mass is 409 g/mol. The number of ketones is 1. The molecule has 4 heteroatoms. The number of nitrogens with one attached hydrogen (secondary N) is 2. The molecule has 2 N–H and O–H groups in total. The van der Waals surface area contributed by atoms with Crippen molar-refractivity contribution in [1.82, 2.24) is 0 Å². The molecular formula is C27H27N3O. The Morgan fingerprint density at radius 3 is 2.16 bits per heavy atom. The summed E-state index contributed by atoms with van der Waals surface area (Å²) in [6.07, 6.45) is 1.36. The Morgan fingerprint density at radius 1 is 0.774 bits per heavy atom. The number of para-hydroxylation sites is 2. The summed E-state index contributed by atoms with van der Waals surface area (Å²) in [5, 5.41) is 7.26. The Labute approximate surface area is 183 Å². The van der Waals surface area contributed by atoms with E-state index < -0.39 is 0 Å². The minimum atomic E-state index is -0.174. The van der Waals surface area contributed by atoms with Crippen molar-refractivity contribution >= 4 is 22.8 Å². The molecule has 5 rings (SSSR count). The molecule has 1 heterocycles. The number of rotatable bonds is 3. The molecule has 0 radical (unpaired) electrons. The summed E-state index contributed by atoms with van der Waals surface area (Å²) < 4.78 is 0. The lowest BCUT2D eigenvalue weighted by Crippen LogP contribution is -2.26. The van der Waals surface area contributed by atoms with Gasteiger partial charge in [-0.3, -0.25) is 4.79 Å². The summed E-state index contributed by atoms with van der Waals surface area (Å²) in [5.41, 5.74) is 7.39. The van der Waals surface area contributed by atoms with Crippen LogP contribution in [0.4, 0.5) is 17.1 Å². The lowest BCUT2D eigenvalue weighted by Gasteiger charge is -2.30. The second-order valence-corrected chi connectivity index (χ2v) is 8.57. The van der Waals surface area contributed by atoms with E-state index in [1.807, 2.05) is 32.3 Å². The predicted molar refractivity (Wildman–Crippen MR) is 128 cm³/mol. The summed E-state index contributed by atoms with van der Waals surface area (Å²) >= 11 is 0. The molecule has 1 aliphatic carbocycles. The molecule has 2 aliphatic rings. The van der Waals surface area contributed by atoms with Crippen LogP contribution in [0.2, 0.25) is 0 Å². The first kappa shape index (κ1) is 19.4. The van der Waals surface area contributed by atoms with Gasteiger partial charge in [-0.2, -0.15) is 0 Å². The number of carbonyl (C=O) groups is 1. The highest BCUT2D eigenvalue weighted by atomic mass is 16.1. The van der Waals surface area contributed by atoms with E-state index >= 15 is 0 Å². The number of Topliss-reactive ketones (excluding diaryl/α,β-unsaturated/α-hetero) is 1. The van der Waals surface area contributed by atoms with Gasteiger partial charge >= 0.3 is 0 Å². The van der Waals surface area contributed by atoms with E-state index in [-0.39, 0.29) is 17.7 Å². The molecule has 4 nitrogen and oxygen atoms in total. The average Bonchev–Trinajstić information content (AvgIpc) is 2.96. The van der Waals surface area contributed by atoms with Crippen LogP contribution < -0.4 is 15.5 Å². The molecule has 3 aromatic rings. The topological polar surface area (TPSA) is 44.4 Å². The second-order valence-electron chi connectivity index (χ2n) is 8.57. The van der Waals surface area contributed by atoms with Gasteiger partial charge in [-0.25, -0.2) is 0 Å². The maximum absolute atomic E-state index is 13.5. The third kappa shape index (κ3) is 3.70. The van der Waals surface area contributed by atoms with E-state index in [2.05, 4.69) is 76.2 Å². The predicted octanol–water partition coefficient (Wildman–Crippen LogP) is 5.73. The first-order valence-electron chi connectivity index (χ1n) is 10.8. The Bertz CT molecular complexity index is 1130. The third-order valence-electron chi connectivity index (χ3n) is 6.32. The van der Waals surface area contributed by atoms with Crippen molar-refractivity contribution in [3.8, 4) is 0 Å². The Balaban J connectivity index is 1.59. The van der Waals surface area contributed by atoms with Crippen LogP contribution in [-0.4, -0.2) is 19.9 Å². The van der Waals surface area contributed by atoms with Crippen LogP contribution in [0.5, 0.6) is 0 Å². The standard InChI is InChI=1S/C27H27N3O/c1-30(2)21-14-12-19(13-15-21)27-26-24(28-22-10-6-7-11-23(22)29-27)16-20(17-25(26)31)18-8-4-3-5-9-18/h3-15,20,27-29H,16-17H2,1-2H3/t20-,27+/m1/s1. The van der Waals surface area contributed by atoms with Crippen molar-refractivity contribution in [1.29, 1.82) is 0 Å². The molecule has 0 fully saturated rings. The first-order valence-corrected chi connectivity index (χ1v) is 10.8. The smallest absolute Gasteiger partial charge is 0.163 e. The van der Waals surface area contributed by atoms with Gasteiger partial charge in [0, 0.05) is 37.5 Å². The molecular weight excluding hydrogens is 382 g/mol.